The molecule has 0 spiro atoms. The maximum Gasteiger partial charge on any atom is 0.419 e. The van der Waals surface area contributed by atoms with Crippen molar-refractivity contribution in [2.45, 2.75) is 6.18 Å². The molecule has 82 valence electrons. The lowest BCUT2D eigenvalue weighted by molar-refractivity contribution is -0.140. The minimum Gasteiger partial charge on any atom is -0.293 e. The molecule has 1 aromatic carbocycles. The molecule has 0 amide bonds. The topological polar surface area (TPSA) is 17.1 Å². The molecule has 1 aromatic rings. The number of benzene rings is 1. The average Bonchev–Trinajstić information content (AvgIpc) is 2.14. The van der Waals surface area contributed by atoms with Crippen LogP contribution in [0.1, 0.15) is 15.9 Å². The SMILES string of the molecule is O=C(CBr)c1cccc(F)c1C(F)(F)F. The number of hydrogen-bond acceptors (Lipinski definition) is 1. The van der Waals surface area contributed by atoms with Crippen molar-refractivity contribution in [1.82, 2.24) is 0 Å². The Labute approximate surface area is 91.2 Å². The Bertz CT molecular complexity index is 386. The van der Waals surface area contributed by atoms with E-state index in [1.165, 1.54) is 0 Å². The minimum atomic E-state index is -4.86. The fourth-order valence-electron chi connectivity index (χ4n) is 1.12. The van der Waals surface area contributed by atoms with Gasteiger partial charge in [0.1, 0.15) is 11.4 Å². The van der Waals surface area contributed by atoms with Crippen LogP contribution in [0.15, 0.2) is 18.2 Å². The highest BCUT2D eigenvalue weighted by Gasteiger charge is 2.38. The third-order valence-corrected chi connectivity index (χ3v) is 2.23. The predicted molar refractivity (Wildman–Crippen MR) is 49.5 cm³/mol. The molecule has 0 saturated heterocycles. The third-order valence-electron chi connectivity index (χ3n) is 1.72. The fraction of sp³-hybridized carbons (Fsp3) is 0.222. The predicted octanol–water partition coefficient (Wildman–Crippen LogP) is 3.42. The summed E-state index contributed by atoms with van der Waals surface area (Å²) in [7, 11) is 0. The molecule has 0 fully saturated rings. The Morgan fingerprint density at radius 1 is 1.33 bits per heavy atom. The van der Waals surface area contributed by atoms with Crippen LogP contribution in [0.5, 0.6) is 0 Å². The summed E-state index contributed by atoms with van der Waals surface area (Å²) in [4.78, 5) is 11.1. The van der Waals surface area contributed by atoms with E-state index >= 15 is 0 Å². The van der Waals surface area contributed by atoms with Crippen LogP contribution >= 0.6 is 15.9 Å². The number of halogens is 5. The van der Waals surface area contributed by atoms with Crippen molar-refractivity contribution in [3.8, 4) is 0 Å². The van der Waals surface area contributed by atoms with Gasteiger partial charge in [0, 0.05) is 5.56 Å². The van der Waals surface area contributed by atoms with Gasteiger partial charge in [0.05, 0.1) is 5.33 Å². The van der Waals surface area contributed by atoms with E-state index in [9.17, 15) is 22.4 Å². The van der Waals surface area contributed by atoms with Crippen molar-refractivity contribution in [2.24, 2.45) is 0 Å². The molecule has 15 heavy (non-hydrogen) atoms. The first-order valence-corrected chi connectivity index (χ1v) is 4.95. The van der Waals surface area contributed by atoms with E-state index in [4.69, 9.17) is 0 Å². The van der Waals surface area contributed by atoms with Crippen molar-refractivity contribution in [1.29, 1.82) is 0 Å². The molecule has 1 nitrogen and oxygen atoms in total. The number of alkyl halides is 4. The van der Waals surface area contributed by atoms with Gasteiger partial charge in [0.15, 0.2) is 5.78 Å². The second-order valence-electron chi connectivity index (χ2n) is 2.72. The molecule has 0 unspecified atom stereocenters. The number of ketones is 1. The molecule has 0 bridgehead atoms. The zero-order valence-corrected chi connectivity index (χ0v) is 8.82. The summed E-state index contributed by atoms with van der Waals surface area (Å²) in [6.45, 7) is 0. The standard InChI is InChI=1S/C9H5BrF4O/c10-4-7(15)5-2-1-3-6(11)8(5)9(12,13)14/h1-3H,4H2. The summed E-state index contributed by atoms with van der Waals surface area (Å²) in [5, 5.41) is -0.278. The van der Waals surface area contributed by atoms with Crippen molar-refractivity contribution < 1.29 is 22.4 Å². The second-order valence-corrected chi connectivity index (χ2v) is 3.28. The van der Waals surface area contributed by atoms with Crippen LogP contribution in [0, 0.1) is 5.82 Å². The van der Waals surface area contributed by atoms with Crippen molar-refractivity contribution in [3.63, 3.8) is 0 Å². The highest BCUT2D eigenvalue weighted by Crippen LogP contribution is 2.34. The van der Waals surface area contributed by atoms with Gasteiger partial charge < -0.3 is 0 Å². The van der Waals surface area contributed by atoms with Gasteiger partial charge in [-0.1, -0.05) is 28.1 Å². The second kappa shape index (κ2) is 4.30. The third kappa shape index (κ3) is 2.56. The van der Waals surface area contributed by atoms with Gasteiger partial charge >= 0.3 is 6.18 Å². The van der Waals surface area contributed by atoms with Crippen molar-refractivity contribution in [3.05, 3.63) is 35.1 Å². The Morgan fingerprint density at radius 3 is 2.40 bits per heavy atom. The lowest BCUT2D eigenvalue weighted by Gasteiger charge is -2.11. The lowest BCUT2D eigenvalue weighted by atomic mass is 10.0. The quantitative estimate of drug-likeness (QED) is 0.462. The van der Waals surface area contributed by atoms with Gasteiger partial charge in [-0.15, -0.1) is 0 Å². The van der Waals surface area contributed by atoms with Crippen LogP contribution in [0.2, 0.25) is 0 Å². The van der Waals surface area contributed by atoms with E-state index < -0.39 is 28.9 Å². The van der Waals surface area contributed by atoms with Gasteiger partial charge in [0.2, 0.25) is 0 Å². The molecule has 0 aliphatic heterocycles. The number of carbonyl (C=O) groups excluding carboxylic acids is 1. The van der Waals surface area contributed by atoms with Gasteiger partial charge in [0.25, 0.3) is 0 Å². The van der Waals surface area contributed by atoms with E-state index in [1.54, 1.807) is 0 Å². The molecule has 6 heteroatoms. The van der Waals surface area contributed by atoms with Gasteiger partial charge in [-0.05, 0) is 6.07 Å². The highest BCUT2D eigenvalue weighted by atomic mass is 79.9. The van der Waals surface area contributed by atoms with E-state index in [2.05, 4.69) is 15.9 Å². The summed E-state index contributed by atoms with van der Waals surface area (Å²) in [5.41, 5.74) is -2.16. The Hall–Kier alpha value is -0.910. The van der Waals surface area contributed by atoms with Crippen molar-refractivity contribution >= 4 is 21.7 Å². The maximum atomic E-state index is 13.0. The Kier molecular flexibility index (Phi) is 3.49. The summed E-state index contributed by atoms with van der Waals surface area (Å²) in [6.07, 6.45) is -4.86. The summed E-state index contributed by atoms with van der Waals surface area (Å²) in [6, 6.07) is 2.70. The molecule has 0 heterocycles. The number of hydrogen-bond donors (Lipinski definition) is 0. The highest BCUT2D eigenvalue weighted by molar-refractivity contribution is 9.09. The normalized spacial score (nSPS) is 11.5. The average molecular weight is 285 g/mol. The summed E-state index contributed by atoms with van der Waals surface area (Å²) in [5.74, 6) is -2.24. The first-order valence-electron chi connectivity index (χ1n) is 3.82. The fourth-order valence-corrected chi connectivity index (χ4v) is 1.42. The molecule has 0 N–H and O–H groups in total. The van der Waals surface area contributed by atoms with Gasteiger partial charge in [-0.2, -0.15) is 13.2 Å². The summed E-state index contributed by atoms with van der Waals surface area (Å²) >= 11 is 2.74. The van der Waals surface area contributed by atoms with Crippen LogP contribution < -0.4 is 0 Å². The molecular weight excluding hydrogens is 280 g/mol. The van der Waals surface area contributed by atoms with Gasteiger partial charge in [-0.3, -0.25) is 4.79 Å². The Balaban J connectivity index is 3.40. The van der Waals surface area contributed by atoms with E-state index in [-0.39, 0.29) is 5.33 Å². The van der Waals surface area contributed by atoms with Crippen molar-refractivity contribution in [2.75, 3.05) is 5.33 Å². The largest absolute Gasteiger partial charge is 0.419 e. The molecule has 0 aliphatic rings. The van der Waals surface area contributed by atoms with Crippen LogP contribution in [0.3, 0.4) is 0 Å². The number of rotatable bonds is 2. The smallest absolute Gasteiger partial charge is 0.293 e. The number of carbonyl (C=O) groups is 1. The maximum absolute atomic E-state index is 13.0. The van der Waals surface area contributed by atoms with E-state index in [0.717, 1.165) is 12.1 Å². The van der Waals surface area contributed by atoms with Crippen LogP contribution in [0.25, 0.3) is 0 Å². The first kappa shape index (κ1) is 12.2. The molecular formula is C9H5BrF4O. The first-order chi connectivity index (χ1) is 6.88. The van der Waals surface area contributed by atoms with Crippen LogP contribution in [-0.4, -0.2) is 11.1 Å². The zero-order chi connectivity index (χ0) is 11.6. The molecule has 0 aliphatic carbocycles. The Morgan fingerprint density at radius 2 is 1.93 bits per heavy atom. The summed E-state index contributed by atoms with van der Waals surface area (Å²) < 4.78 is 50.2. The molecule has 0 saturated carbocycles. The zero-order valence-electron chi connectivity index (χ0n) is 7.24. The van der Waals surface area contributed by atoms with E-state index in [1.807, 2.05) is 0 Å². The molecule has 1 rings (SSSR count). The van der Waals surface area contributed by atoms with Crippen LogP contribution in [-0.2, 0) is 6.18 Å². The number of Topliss-reactive ketones (excluding diaryl/α,β-unsaturated/α-hetero) is 1. The molecule has 0 atom stereocenters. The van der Waals surface area contributed by atoms with Gasteiger partial charge in [-0.25, -0.2) is 4.39 Å². The van der Waals surface area contributed by atoms with Crippen LogP contribution in [0.4, 0.5) is 17.6 Å². The monoisotopic (exact) mass is 284 g/mol. The molecule has 0 aromatic heterocycles. The molecule has 0 radical (unpaired) electrons. The van der Waals surface area contributed by atoms with E-state index in [0.29, 0.717) is 6.07 Å². The minimum absolute atomic E-state index is 0.278. The lowest BCUT2D eigenvalue weighted by Crippen LogP contribution is -2.16.